The summed E-state index contributed by atoms with van der Waals surface area (Å²) in [5.41, 5.74) is 1.48. The van der Waals surface area contributed by atoms with Crippen molar-refractivity contribution in [3.05, 3.63) is 22.4 Å². The van der Waals surface area contributed by atoms with Crippen LogP contribution in [0, 0.1) is 0 Å². The number of aliphatic hydroxyl groups is 1. The quantitative estimate of drug-likeness (QED) is 0.745. The van der Waals surface area contributed by atoms with Crippen molar-refractivity contribution in [3.8, 4) is 0 Å². The highest BCUT2D eigenvalue weighted by atomic mass is 32.1. The molecule has 0 saturated heterocycles. The van der Waals surface area contributed by atoms with Gasteiger partial charge < -0.3 is 5.11 Å². The van der Waals surface area contributed by atoms with E-state index in [1.807, 2.05) is 0 Å². The molecule has 1 nitrogen and oxygen atoms in total. The van der Waals surface area contributed by atoms with E-state index in [9.17, 15) is 5.11 Å². The van der Waals surface area contributed by atoms with Gasteiger partial charge in [-0.15, -0.1) is 0 Å². The minimum atomic E-state index is 0.125. The lowest BCUT2D eigenvalue weighted by Gasteiger charge is -2.25. The fourth-order valence-corrected chi connectivity index (χ4v) is 2.94. The van der Waals surface area contributed by atoms with Gasteiger partial charge in [-0.2, -0.15) is 11.3 Å². The van der Waals surface area contributed by atoms with E-state index in [2.05, 4.69) is 16.8 Å². The Balaban J connectivity index is 2.28. The van der Waals surface area contributed by atoms with Crippen molar-refractivity contribution in [2.75, 3.05) is 6.61 Å². The van der Waals surface area contributed by atoms with E-state index in [-0.39, 0.29) is 5.41 Å². The Hall–Kier alpha value is -0.340. The lowest BCUT2D eigenvalue weighted by atomic mass is 9.81. The molecule has 2 heteroatoms. The Bertz CT molecular complexity index is 234. The van der Waals surface area contributed by atoms with Gasteiger partial charge in [0.15, 0.2) is 0 Å². The van der Waals surface area contributed by atoms with Gasteiger partial charge in [-0.1, -0.05) is 12.8 Å². The summed E-state index contributed by atoms with van der Waals surface area (Å²) in [4.78, 5) is 0. The summed E-state index contributed by atoms with van der Waals surface area (Å²) in [5, 5.41) is 13.7. The Morgan fingerprint density at radius 3 is 2.67 bits per heavy atom. The van der Waals surface area contributed by atoms with Crippen LogP contribution in [0.3, 0.4) is 0 Å². The molecule has 1 fully saturated rings. The van der Waals surface area contributed by atoms with Crippen molar-refractivity contribution < 1.29 is 5.11 Å². The van der Waals surface area contributed by atoms with E-state index in [0.29, 0.717) is 6.61 Å². The number of hydrogen-bond donors (Lipinski definition) is 1. The molecular weight excluding hydrogens is 168 g/mol. The molecule has 1 N–H and O–H groups in total. The van der Waals surface area contributed by atoms with Crippen LogP contribution in [-0.2, 0) is 5.41 Å². The molecule has 1 heterocycles. The molecule has 1 aliphatic carbocycles. The van der Waals surface area contributed by atoms with E-state index in [4.69, 9.17) is 0 Å². The SMILES string of the molecule is OCC1(c2ccsc2)CCCC1. The summed E-state index contributed by atoms with van der Waals surface area (Å²) in [5.74, 6) is 0. The van der Waals surface area contributed by atoms with Crippen molar-refractivity contribution in [1.29, 1.82) is 0 Å². The summed E-state index contributed by atoms with van der Waals surface area (Å²) < 4.78 is 0. The van der Waals surface area contributed by atoms with Crippen molar-refractivity contribution in [2.45, 2.75) is 31.1 Å². The van der Waals surface area contributed by atoms with Crippen LogP contribution in [0.4, 0.5) is 0 Å². The molecule has 0 aliphatic heterocycles. The zero-order valence-corrected chi connectivity index (χ0v) is 7.94. The highest BCUT2D eigenvalue weighted by molar-refractivity contribution is 7.08. The first kappa shape index (κ1) is 8.27. The average Bonchev–Trinajstić information content (AvgIpc) is 2.76. The van der Waals surface area contributed by atoms with Gasteiger partial charge >= 0.3 is 0 Å². The first-order valence-electron chi connectivity index (χ1n) is 4.51. The molecule has 0 aromatic carbocycles. The van der Waals surface area contributed by atoms with Crippen LogP contribution in [0.1, 0.15) is 31.2 Å². The summed E-state index contributed by atoms with van der Waals surface area (Å²) in [6.45, 7) is 0.323. The lowest BCUT2D eigenvalue weighted by Crippen LogP contribution is -2.25. The summed E-state index contributed by atoms with van der Waals surface area (Å²) in [6, 6.07) is 2.16. The van der Waals surface area contributed by atoms with E-state index in [1.165, 1.54) is 31.2 Å². The molecular formula is C10H14OS. The number of rotatable bonds is 2. The van der Waals surface area contributed by atoms with Crippen LogP contribution < -0.4 is 0 Å². The average molecular weight is 182 g/mol. The van der Waals surface area contributed by atoms with Gasteiger partial charge in [-0.25, -0.2) is 0 Å². The topological polar surface area (TPSA) is 20.2 Å². The minimum absolute atomic E-state index is 0.125. The maximum absolute atomic E-state index is 9.39. The Morgan fingerprint density at radius 2 is 2.17 bits per heavy atom. The molecule has 1 aromatic rings. The molecule has 66 valence electrons. The van der Waals surface area contributed by atoms with Crippen LogP contribution in [0.25, 0.3) is 0 Å². The van der Waals surface area contributed by atoms with Crippen molar-refractivity contribution >= 4 is 11.3 Å². The molecule has 12 heavy (non-hydrogen) atoms. The third kappa shape index (κ3) is 1.19. The minimum Gasteiger partial charge on any atom is -0.395 e. The Labute approximate surface area is 77.0 Å². The van der Waals surface area contributed by atoms with Crippen LogP contribution in [0.5, 0.6) is 0 Å². The molecule has 0 spiro atoms. The highest BCUT2D eigenvalue weighted by Gasteiger charge is 2.34. The first-order chi connectivity index (χ1) is 5.87. The Morgan fingerprint density at radius 1 is 1.42 bits per heavy atom. The Kier molecular flexibility index (Phi) is 2.20. The van der Waals surface area contributed by atoms with Crippen molar-refractivity contribution in [1.82, 2.24) is 0 Å². The fourth-order valence-electron chi connectivity index (χ4n) is 2.16. The monoisotopic (exact) mass is 182 g/mol. The smallest absolute Gasteiger partial charge is 0.0528 e. The van der Waals surface area contributed by atoms with E-state index in [0.717, 1.165) is 0 Å². The molecule has 0 radical (unpaired) electrons. The third-order valence-electron chi connectivity index (χ3n) is 3.00. The maximum atomic E-state index is 9.39. The van der Waals surface area contributed by atoms with Gasteiger partial charge in [0.2, 0.25) is 0 Å². The van der Waals surface area contributed by atoms with Crippen LogP contribution >= 0.6 is 11.3 Å². The van der Waals surface area contributed by atoms with Crippen molar-refractivity contribution in [3.63, 3.8) is 0 Å². The van der Waals surface area contributed by atoms with Crippen molar-refractivity contribution in [2.24, 2.45) is 0 Å². The standard InChI is InChI=1S/C10H14OS/c11-8-10(4-1-2-5-10)9-3-6-12-7-9/h3,6-7,11H,1-2,4-5,8H2. The summed E-state index contributed by atoms with van der Waals surface area (Å²) in [6.07, 6.45) is 4.88. The normalized spacial score (nSPS) is 21.4. The molecule has 1 saturated carbocycles. The van der Waals surface area contributed by atoms with Gasteiger partial charge in [0.1, 0.15) is 0 Å². The van der Waals surface area contributed by atoms with Crippen LogP contribution in [0.2, 0.25) is 0 Å². The molecule has 1 aromatic heterocycles. The highest BCUT2D eigenvalue weighted by Crippen LogP contribution is 2.41. The van der Waals surface area contributed by atoms with Crippen LogP contribution in [-0.4, -0.2) is 11.7 Å². The fraction of sp³-hybridized carbons (Fsp3) is 0.600. The predicted octanol–water partition coefficient (Wildman–Crippen LogP) is 2.55. The maximum Gasteiger partial charge on any atom is 0.0528 e. The van der Waals surface area contributed by atoms with E-state index >= 15 is 0 Å². The second-order valence-corrected chi connectivity index (χ2v) is 4.44. The largest absolute Gasteiger partial charge is 0.395 e. The van der Waals surface area contributed by atoms with Gasteiger partial charge in [0.05, 0.1) is 6.61 Å². The van der Waals surface area contributed by atoms with Gasteiger partial charge in [0.25, 0.3) is 0 Å². The van der Waals surface area contributed by atoms with E-state index < -0.39 is 0 Å². The predicted molar refractivity (Wildman–Crippen MR) is 51.6 cm³/mol. The van der Waals surface area contributed by atoms with E-state index in [1.54, 1.807) is 11.3 Å². The molecule has 0 unspecified atom stereocenters. The number of aliphatic hydroxyl groups excluding tert-OH is 1. The zero-order chi connectivity index (χ0) is 8.44. The molecule has 2 rings (SSSR count). The van der Waals surface area contributed by atoms with Gasteiger partial charge in [-0.05, 0) is 35.2 Å². The van der Waals surface area contributed by atoms with Gasteiger partial charge in [-0.3, -0.25) is 0 Å². The summed E-state index contributed by atoms with van der Waals surface area (Å²) >= 11 is 1.73. The zero-order valence-electron chi connectivity index (χ0n) is 7.12. The molecule has 0 atom stereocenters. The number of thiophene rings is 1. The first-order valence-corrected chi connectivity index (χ1v) is 5.45. The third-order valence-corrected chi connectivity index (χ3v) is 3.68. The molecule has 0 amide bonds. The van der Waals surface area contributed by atoms with Crippen LogP contribution in [0.15, 0.2) is 16.8 Å². The molecule has 0 bridgehead atoms. The van der Waals surface area contributed by atoms with Gasteiger partial charge in [0, 0.05) is 5.41 Å². The number of hydrogen-bond acceptors (Lipinski definition) is 2. The molecule has 1 aliphatic rings. The second-order valence-electron chi connectivity index (χ2n) is 3.66. The second kappa shape index (κ2) is 3.19. The lowest BCUT2D eigenvalue weighted by molar-refractivity contribution is 0.196. The summed E-state index contributed by atoms with van der Waals surface area (Å²) in [7, 11) is 0.